The number of rotatable bonds is 4. The van der Waals surface area contributed by atoms with Crippen molar-refractivity contribution in [3.8, 4) is 6.01 Å². The summed E-state index contributed by atoms with van der Waals surface area (Å²) in [6.07, 6.45) is 0. The van der Waals surface area contributed by atoms with Gasteiger partial charge in [0.15, 0.2) is 0 Å². The zero-order valence-electron chi connectivity index (χ0n) is 11.8. The Kier molecular flexibility index (Phi) is 4.11. The lowest BCUT2D eigenvalue weighted by Gasteiger charge is -2.26. The Hall–Kier alpha value is -2.41. The number of hydrogen-bond acceptors (Lipinski definition) is 7. The van der Waals surface area contributed by atoms with E-state index in [4.69, 9.17) is 9.47 Å². The Morgan fingerprint density at radius 3 is 2.57 bits per heavy atom. The van der Waals surface area contributed by atoms with Crippen LogP contribution in [0.1, 0.15) is 0 Å². The van der Waals surface area contributed by atoms with Gasteiger partial charge in [0.2, 0.25) is 11.9 Å². The molecule has 7 nitrogen and oxygen atoms in total. The Labute approximate surface area is 123 Å². The van der Waals surface area contributed by atoms with Crippen molar-refractivity contribution in [2.75, 3.05) is 43.6 Å². The lowest BCUT2D eigenvalue weighted by atomic mass is 10.3. The normalized spacial score (nSPS) is 14.8. The summed E-state index contributed by atoms with van der Waals surface area (Å²) in [4.78, 5) is 15.0. The second-order valence-electron chi connectivity index (χ2n) is 4.54. The van der Waals surface area contributed by atoms with Crippen molar-refractivity contribution >= 4 is 17.6 Å². The molecule has 1 aromatic heterocycles. The maximum absolute atomic E-state index is 5.34. The minimum Gasteiger partial charge on any atom is -0.467 e. The summed E-state index contributed by atoms with van der Waals surface area (Å²) >= 11 is 0. The quantitative estimate of drug-likeness (QED) is 0.912. The summed E-state index contributed by atoms with van der Waals surface area (Å²) in [7, 11) is 1.55. The fraction of sp³-hybridized carbons (Fsp3) is 0.357. The molecule has 1 fully saturated rings. The largest absolute Gasteiger partial charge is 0.467 e. The summed E-state index contributed by atoms with van der Waals surface area (Å²) in [5, 5.41) is 3.16. The monoisotopic (exact) mass is 287 g/mol. The number of ether oxygens (including phenoxy) is 2. The smallest absolute Gasteiger partial charge is 0.322 e. The Morgan fingerprint density at radius 1 is 1.10 bits per heavy atom. The number of hydrogen-bond donors (Lipinski definition) is 1. The Bertz CT molecular complexity index is 587. The molecule has 110 valence electrons. The number of methoxy groups -OCH3 is 1. The molecule has 2 aromatic rings. The van der Waals surface area contributed by atoms with Crippen molar-refractivity contribution in [3.63, 3.8) is 0 Å². The molecule has 2 heterocycles. The third-order valence-electron chi connectivity index (χ3n) is 3.11. The molecular weight excluding hydrogens is 270 g/mol. The Morgan fingerprint density at radius 2 is 1.86 bits per heavy atom. The molecule has 0 saturated carbocycles. The standard InChI is InChI=1S/C14H17N5O2/c1-20-14-17-12(15-11-5-3-2-4-6-11)16-13(18-14)19-7-9-21-10-8-19/h2-6H,7-10H2,1H3,(H,15,16,17,18). The van der Waals surface area contributed by atoms with Crippen molar-refractivity contribution in [3.05, 3.63) is 30.3 Å². The van der Waals surface area contributed by atoms with Crippen LogP contribution in [0.2, 0.25) is 0 Å². The average Bonchev–Trinajstić information content (AvgIpc) is 2.56. The van der Waals surface area contributed by atoms with Gasteiger partial charge in [-0.25, -0.2) is 0 Å². The lowest BCUT2D eigenvalue weighted by Crippen LogP contribution is -2.37. The molecule has 21 heavy (non-hydrogen) atoms. The van der Waals surface area contributed by atoms with Gasteiger partial charge in [-0.2, -0.15) is 15.0 Å². The molecule has 0 spiro atoms. The predicted molar refractivity (Wildman–Crippen MR) is 79.1 cm³/mol. The first-order valence-electron chi connectivity index (χ1n) is 6.80. The minimum absolute atomic E-state index is 0.296. The van der Waals surface area contributed by atoms with Crippen LogP contribution in [0.25, 0.3) is 0 Å². The first-order valence-corrected chi connectivity index (χ1v) is 6.80. The number of anilines is 3. The van der Waals surface area contributed by atoms with Gasteiger partial charge in [-0.05, 0) is 12.1 Å². The second-order valence-corrected chi connectivity index (χ2v) is 4.54. The van der Waals surface area contributed by atoms with Crippen LogP contribution in [0.15, 0.2) is 30.3 Å². The van der Waals surface area contributed by atoms with Crippen molar-refractivity contribution in [2.24, 2.45) is 0 Å². The third kappa shape index (κ3) is 3.38. The summed E-state index contributed by atoms with van der Waals surface area (Å²) < 4.78 is 10.5. The number of morpholine rings is 1. The number of aromatic nitrogens is 3. The van der Waals surface area contributed by atoms with E-state index in [9.17, 15) is 0 Å². The zero-order valence-corrected chi connectivity index (χ0v) is 11.8. The summed E-state index contributed by atoms with van der Waals surface area (Å²) in [5.41, 5.74) is 0.915. The highest BCUT2D eigenvalue weighted by Gasteiger charge is 2.16. The highest BCUT2D eigenvalue weighted by Crippen LogP contribution is 2.19. The molecule has 0 atom stereocenters. The minimum atomic E-state index is 0.296. The van der Waals surface area contributed by atoms with Crippen molar-refractivity contribution < 1.29 is 9.47 Å². The molecule has 7 heteroatoms. The maximum Gasteiger partial charge on any atom is 0.322 e. The van der Waals surface area contributed by atoms with Gasteiger partial charge in [-0.15, -0.1) is 0 Å². The van der Waals surface area contributed by atoms with E-state index in [-0.39, 0.29) is 0 Å². The first kappa shape index (κ1) is 13.6. The molecule has 1 aliphatic rings. The molecule has 0 bridgehead atoms. The average molecular weight is 287 g/mol. The van der Waals surface area contributed by atoms with E-state index < -0.39 is 0 Å². The van der Waals surface area contributed by atoms with Gasteiger partial charge >= 0.3 is 6.01 Å². The molecule has 0 aliphatic carbocycles. The molecule has 1 N–H and O–H groups in total. The zero-order chi connectivity index (χ0) is 14.5. The third-order valence-corrected chi connectivity index (χ3v) is 3.11. The van der Waals surface area contributed by atoms with Crippen molar-refractivity contribution in [1.29, 1.82) is 0 Å². The fourth-order valence-electron chi connectivity index (χ4n) is 2.05. The van der Waals surface area contributed by atoms with Crippen LogP contribution in [0.3, 0.4) is 0 Å². The van der Waals surface area contributed by atoms with Crippen LogP contribution in [-0.4, -0.2) is 48.4 Å². The number of nitrogens with zero attached hydrogens (tertiary/aromatic N) is 4. The fourth-order valence-corrected chi connectivity index (χ4v) is 2.05. The molecule has 1 aromatic carbocycles. The van der Waals surface area contributed by atoms with E-state index >= 15 is 0 Å². The SMILES string of the molecule is COc1nc(Nc2ccccc2)nc(N2CCOCC2)n1. The summed E-state index contributed by atoms with van der Waals surface area (Å²) in [5.74, 6) is 1.07. The highest BCUT2D eigenvalue weighted by molar-refractivity contribution is 5.54. The number of para-hydroxylation sites is 1. The van der Waals surface area contributed by atoms with Crippen molar-refractivity contribution in [2.45, 2.75) is 0 Å². The van der Waals surface area contributed by atoms with Crippen LogP contribution >= 0.6 is 0 Å². The molecule has 3 rings (SSSR count). The van der Waals surface area contributed by atoms with Crippen molar-refractivity contribution in [1.82, 2.24) is 15.0 Å². The van der Waals surface area contributed by atoms with E-state index in [1.807, 2.05) is 30.3 Å². The van der Waals surface area contributed by atoms with Gasteiger partial charge in [0.25, 0.3) is 0 Å². The summed E-state index contributed by atoms with van der Waals surface area (Å²) in [6, 6.07) is 10.0. The van der Waals surface area contributed by atoms with Gasteiger partial charge in [-0.3, -0.25) is 0 Å². The molecular formula is C14H17N5O2. The van der Waals surface area contributed by atoms with E-state index in [1.165, 1.54) is 0 Å². The number of benzene rings is 1. The van der Waals surface area contributed by atoms with Gasteiger partial charge in [0.1, 0.15) is 0 Å². The first-order chi connectivity index (χ1) is 10.3. The number of nitrogens with one attached hydrogen (secondary N) is 1. The van der Waals surface area contributed by atoms with Crippen LogP contribution in [0.5, 0.6) is 6.01 Å². The van der Waals surface area contributed by atoms with Gasteiger partial charge in [0.05, 0.1) is 20.3 Å². The van der Waals surface area contributed by atoms with E-state index in [2.05, 4.69) is 25.2 Å². The predicted octanol–water partition coefficient (Wildman–Crippen LogP) is 1.46. The Balaban J connectivity index is 1.85. The van der Waals surface area contributed by atoms with E-state index in [1.54, 1.807) is 7.11 Å². The molecule has 0 radical (unpaired) electrons. The topological polar surface area (TPSA) is 72.4 Å². The van der Waals surface area contributed by atoms with Crippen LogP contribution in [0.4, 0.5) is 17.6 Å². The molecule has 1 aliphatic heterocycles. The maximum atomic E-state index is 5.34. The van der Waals surface area contributed by atoms with Gasteiger partial charge in [0, 0.05) is 18.8 Å². The van der Waals surface area contributed by atoms with E-state index in [0.29, 0.717) is 31.1 Å². The lowest BCUT2D eigenvalue weighted by molar-refractivity contribution is 0.122. The van der Waals surface area contributed by atoms with Crippen LogP contribution in [-0.2, 0) is 4.74 Å². The van der Waals surface area contributed by atoms with Gasteiger partial charge in [-0.1, -0.05) is 18.2 Å². The highest BCUT2D eigenvalue weighted by atomic mass is 16.5. The van der Waals surface area contributed by atoms with Crippen LogP contribution < -0.4 is 15.0 Å². The van der Waals surface area contributed by atoms with Gasteiger partial charge < -0.3 is 19.7 Å². The van der Waals surface area contributed by atoms with E-state index in [0.717, 1.165) is 18.8 Å². The van der Waals surface area contributed by atoms with Crippen LogP contribution in [0, 0.1) is 0 Å². The summed E-state index contributed by atoms with van der Waals surface area (Å²) in [6.45, 7) is 2.88. The second kappa shape index (κ2) is 6.36. The molecule has 0 amide bonds. The molecule has 1 saturated heterocycles. The molecule has 0 unspecified atom stereocenters.